The Bertz CT molecular complexity index is 804. The number of nitriles is 1. The molecule has 1 saturated carbocycles. The van der Waals surface area contributed by atoms with Gasteiger partial charge < -0.3 is 9.88 Å². The lowest BCUT2D eigenvalue weighted by Gasteiger charge is -2.11. The normalized spacial score (nSPS) is 15.2. The van der Waals surface area contributed by atoms with E-state index in [9.17, 15) is 10.1 Å². The summed E-state index contributed by atoms with van der Waals surface area (Å²) in [4.78, 5) is 12.3. The van der Waals surface area contributed by atoms with Crippen LogP contribution < -0.4 is 5.32 Å². The minimum absolute atomic E-state index is 0.148. The standard InChI is InChI=1S/C20H21N3O/c1-15-6-4-9-18(12-15)23-11-5-10-19(23)13-16(14-21)20(24)22-17-7-2-3-8-17/h4-6,9-13,17H,2-3,7-8H2,1H3,(H,22,24)/b16-13-. The Hall–Kier alpha value is -2.80. The topological polar surface area (TPSA) is 57.8 Å². The third-order valence-electron chi connectivity index (χ3n) is 4.41. The van der Waals surface area contributed by atoms with Gasteiger partial charge in [0.05, 0.1) is 0 Å². The van der Waals surface area contributed by atoms with E-state index >= 15 is 0 Å². The molecule has 122 valence electrons. The van der Waals surface area contributed by atoms with Crippen molar-refractivity contribution in [3.8, 4) is 11.8 Å². The fourth-order valence-corrected chi connectivity index (χ4v) is 3.15. The number of rotatable bonds is 4. The van der Waals surface area contributed by atoms with Crippen LogP contribution in [0.2, 0.25) is 0 Å². The first kappa shape index (κ1) is 16.1. The number of hydrogen-bond donors (Lipinski definition) is 1. The van der Waals surface area contributed by atoms with Gasteiger partial charge in [0, 0.05) is 23.6 Å². The number of aromatic nitrogens is 1. The molecular formula is C20H21N3O. The zero-order chi connectivity index (χ0) is 16.9. The average molecular weight is 319 g/mol. The maximum absolute atomic E-state index is 12.3. The van der Waals surface area contributed by atoms with Crippen LogP contribution in [0.1, 0.15) is 36.9 Å². The van der Waals surface area contributed by atoms with Crippen molar-refractivity contribution in [1.29, 1.82) is 5.26 Å². The molecule has 1 N–H and O–H groups in total. The number of amides is 1. The van der Waals surface area contributed by atoms with Crippen molar-refractivity contribution in [3.05, 3.63) is 59.4 Å². The fraction of sp³-hybridized carbons (Fsp3) is 0.300. The molecule has 1 aromatic carbocycles. The molecule has 0 saturated heterocycles. The van der Waals surface area contributed by atoms with Gasteiger partial charge in [-0.3, -0.25) is 4.79 Å². The molecule has 0 aliphatic heterocycles. The summed E-state index contributed by atoms with van der Waals surface area (Å²) >= 11 is 0. The Morgan fingerprint density at radius 1 is 1.29 bits per heavy atom. The molecule has 1 aliphatic rings. The van der Waals surface area contributed by atoms with Gasteiger partial charge in [-0.15, -0.1) is 0 Å². The first-order valence-electron chi connectivity index (χ1n) is 8.34. The van der Waals surface area contributed by atoms with Gasteiger partial charge >= 0.3 is 0 Å². The summed E-state index contributed by atoms with van der Waals surface area (Å²) in [6.07, 6.45) is 7.89. The first-order valence-corrected chi connectivity index (χ1v) is 8.34. The zero-order valence-corrected chi connectivity index (χ0v) is 13.8. The van der Waals surface area contributed by atoms with Crippen LogP contribution in [0.25, 0.3) is 11.8 Å². The van der Waals surface area contributed by atoms with E-state index in [0.717, 1.165) is 42.6 Å². The van der Waals surface area contributed by atoms with Crippen LogP contribution in [0.3, 0.4) is 0 Å². The maximum atomic E-state index is 12.3. The second kappa shape index (κ2) is 7.18. The maximum Gasteiger partial charge on any atom is 0.262 e. The summed E-state index contributed by atoms with van der Waals surface area (Å²) in [6, 6.07) is 14.2. The summed E-state index contributed by atoms with van der Waals surface area (Å²) in [5.74, 6) is -0.276. The Labute approximate surface area is 142 Å². The van der Waals surface area contributed by atoms with Crippen LogP contribution in [-0.2, 0) is 4.79 Å². The SMILES string of the molecule is Cc1cccc(-n2cccc2/C=C(/C#N)C(=O)NC2CCCC2)c1. The molecule has 1 fully saturated rings. The molecule has 0 bridgehead atoms. The molecule has 2 aromatic rings. The molecule has 1 heterocycles. The minimum Gasteiger partial charge on any atom is -0.349 e. The Morgan fingerprint density at radius 2 is 2.08 bits per heavy atom. The Morgan fingerprint density at radius 3 is 2.79 bits per heavy atom. The van der Waals surface area contributed by atoms with Crippen LogP contribution in [-0.4, -0.2) is 16.5 Å². The van der Waals surface area contributed by atoms with Gasteiger partial charge in [0.1, 0.15) is 11.6 Å². The van der Waals surface area contributed by atoms with Gasteiger partial charge in [0.15, 0.2) is 0 Å². The lowest BCUT2D eigenvalue weighted by Crippen LogP contribution is -2.33. The van der Waals surface area contributed by atoms with Crippen LogP contribution in [0.5, 0.6) is 0 Å². The fourth-order valence-electron chi connectivity index (χ4n) is 3.15. The molecule has 4 heteroatoms. The van der Waals surface area contributed by atoms with Crippen molar-refractivity contribution in [2.24, 2.45) is 0 Å². The quantitative estimate of drug-likeness (QED) is 0.689. The van der Waals surface area contributed by atoms with Crippen molar-refractivity contribution in [2.45, 2.75) is 38.6 Å². The lowest BCUT2D eigenvalue weighted by molar-refractivity contribution is -0.117. The van der Waals surface area contributed by atoms with Crippen molar-refractivity contribution >= 4 is 12.0 Å². The van der Waals surface area contributed by atoms with Crippen molar-refractivity contribution in [1.82, 2.24) is 9.88 Å². The molecule has 0 unspecified atom stereocenters. The van der Waals surface area contributed by atoms with Crippen molar-refractivity contribution in [3.63, 3.8) is 0 Å². The zero-order valence-electron chi connectivity index (χ0n) is 13.8. The molecule has 0 radical (unpaired) electrons. The van der Waals surface area contributed by atoms with Gasteiger partial charge in [-0.1, -0.05) is 25.0 Å². The first-order chi connectivity index (χ1) is 11.7. The highest BCUT2D eigenvalue weighted by Gasteiger charge is 2.19. The molecule has 1 aromatic heterocycles. The van der Waals surface area contributed by atoms with Gasteiger partial charge in [0.25, 0.3) is 5.91 Å². The summed E-state index contributed by atoms with van der Waals surface area (Å²) in [5, 5.41) is 12.4. The summed E-state index contributed by atoms with van der Waals surface area (Å²) in [7, 11) is 0. The smallest absolute Gasteiger partial charge is 0.262 e. The number of benzene rings is 1. The molecule has 1 aliphatic carbocycles. The largest absolute Gasteiger partial charge is 0.349 e. The van der Waals surface area contributed by atoms with Gasteiger partial charge in [0.2, 0.25) is 0 Å². The highest BCUT2D eigenvalue weighted by Crippen LogP contribution is 2.19. The predicted octanol–water partition coefficient (Wildman–Crippen LogP) is 3.75. The molecular weight excluding hydrogens is 298 g/mol. The van der Waals surface area contributed by atoms with Crippen LogP contribution >= 0.6 is 0 Å². The second-order valence-corrected chi connectivity index (χ2v) is 6.27. The average Bonchev–Trinajstić information content (AvgIpc) is 3.23. The third kappa shape index (κ3) is 3.57. The van der Waals surface area contributed by atoms with Gasteiger partial charge in [-0.2, -0.15) is 5.26 Å². The number of nitrogens with zero attached hydrogens (tertiary/aromatic N) is 2. The van der Waals surface area contributed by atoms with E-state index in [0.29, 0.717) is 0 Å². The van der Waals surface area contributed by atoms with E-state index in [1.54, 1.807) is 6.08 Å². The highest BCUT2D eigenvalue weighted by atomic mass is 16.1. The number of carbonyl (C=O) groups is 1. The summed E-state index contributed by atoms with van der Waals surface area (Å²) in [6.45, 7) is 2.04. The van der Waals surface area contributed by atoms with Crippen LogP contribution in [0, 0.1) is 18.3 Å². The molecule has 3 rings (SSSR count). The second-order valence-electron chi connectivity index (χ2n) is 6.27. The Balaban J connectivity index is 1.85. The molecule has 0 spiro atoms. The number of aryl methyl sites for hydroxylation is 1. The highest BCUT2D eigenvalue weighted by molar-refractivity contribution is 6.01. The lowest BCUT2D eigenvalue weighted by atomic mass is 10.1. The van der Waals surface area contributed by atoms with Crippen molar-refractivity contribution in [2.75, 3.05) is 0 Å². The van der Waals surface area contributed by atoms with E-state index in [-0.39, 0.29) is 17.5 Å². The van der Waals surface area contributed by atoms with Crippen molar-refractivity contribution < 1.29 is 4.79 Å². The van der Waals surface area contributed by atoms with E-state index in [1.165, 1.54) is 0 Å². The van der Waals surface area contributed by atoms with Crippen LogP contribution in [0.15, 0.2) is 48.2 Å². The molecule has 4 nitrogen and oxygen atoms in total. The monoisotopic (exact) mass is 319 g/mol. The predicted molar refractivity (Wildman–Crippen MR) is 94.5 cm³/mol. The molecule has 1 amide bonds. The van der Waals surface area contributed by atoms with E-state index < -0.39 is 0 Å². The number of hydrogen-bond acceptors (Lipinski definition) is 2. The third-order valence-corrected chi connectivity index (χ3v) is 4.41. The number of nitrogens with one attached hydrogen (secondary N) is 1. The number of carbonyl (C=O) groups excluding carboxylic acids is 1. The summed E-state index contributed by atoms with van der Waals surface area (Å²) < 4.78 is 1.98. The Kier molecular flexibility index (Phi) is 4.81. The van der Waals surface area contributed by atoms with Gasteiger partial charge in [-0.05, 0) is 55.7 Å². The van der Waals surface area contributed by atoms with E-state index in [4.69, 9.17) is 0 Å². The molecule has 24 heavy (non-hydrogen) atoms. The van der Waals surface area contributed by atoms with E-state index in [2.05, 4.69) is 11.4 Å². The minimum atomic E-state index is -0.276. The van der Waals surface area contributed by atoms with E-state index in [1.807, 2.05) is 54.1 Å². The summed E-state index contributed by atoms with van der Waals surface area (Å²) in [5.41, 5.74) is 3.14. The van der Waals surface area contributed by atoms with Gasteiger partial charge in [-0.25, -0.2) is 0 Å². The molecule has 0 atom stereocenters. The van der Waals surface area contributed by atoms with Crippen LogP contribution in [0.4, 0.5) is 0 Å².